The fourth-order valence-electron chi connectivity index (χ4n) is 7.70. The van der Waals surface area contributed by atoms with Crippen LogP contribution >= 0.6 is 0 Å². The third kappa shape index (κ3) is 51.7. The summed E-state index contributed by atoms with van der Waals surface area (Å²) in [6, 6.07) is 0. The van der Waals surface area contributed by atoms with Crippen molar-refractivity contribution in [1.29, 1.82) is 0 Å². The molecule has 0 rings (SSSR count). The highest BCUT2D eigenvalue weighted by atomic mass is 16.6. The Balaban J connectivity index is 4.43. The minimum absolute atomic E-state index is 0.100. The molecule has 1 atom stereocenters. The van der Waals surface area contributed by atoms with Crippen LogP contribution in [0, 0.1) is 0 Å². The van der Waals surface area contributed by atoms with Crippen LogP contribution in [0.4, 0.5) is 0 Å². The highest BCUT2D eigenvalue weighted by Gasteiger charge is 2.19. The number of allylic oxidation sites excluding steroid dienone is 12. The van der Waals surface area contributed by atoms with Gasteiger partial charge in [-0.05, 0) is 57.8 Å². The molecule has 6 heteroatoms. The highest BCUT2D eigenvalue weighted by molar-refractivity contribution is 5.71. The van der Waals surface area contributed by atoms with E-state index in [9.17, 15) is 14.4 Å². The Hall–Kier alpha value is -3.15. The lowest BCUT2D eigenvalue weighted by molar-refractivity contribution is -0.167. The van der Waals surface area contributed by atoms with Crippen molar-refractivity contribution in [3.05, 3.63) is 72.9 Å². The third-order valence-corrected chi connectivity index (χ3v) is 11.8. The lowest BCUT2D eigenvalue weighted by Crippen LogP contribution is -2.30. The van der Waals surface area contributed by atoms with Gasteiger partial charge in [0, 0.05) is 19.3 Å². The van der Waals surface area contributed by atoms with Gasteiger partial charge in [-0.25, -0.2) is 0 Å². The van der Waals surface area contributed by atoms with Gasteiger partial charge in [0.15, 0.2) is 6.10 Å². The first kappa shape index (κ1) is 61.9. The van der Waals surface area contributed by atoms with E-state index in [1.165, 1.54) is 161 Å². The minimum atomic E-state index is -0.805. The summed E-state index contributed by atoms with van der Waals surface area (Å²) in [6.45, 7) is 6.44. The van der Waals surface area contributed by atoms with Crippen LogP contribution in [0.2, 0.25) is 0 Å². The number of esters is 3. The molecule has 0 aromatic rings. The first-order chi connectivity index (χ1) is 32.0. The van der Waals surface area contributed by atoms with Crippen molar-refractivity contribution in [2.24, 2.45) is 0 Å². The Morgan fingerprint density at radius 2 is 0.631 bits per heavy atom. The summed E-state index contributed by atoms with van der Waals surface area (Å²) >= 11 is 0. The van der Waals surface area contributed by atoms with Crippen LogP contribution in [0.3, 0.4) is 0 Å². The van der Waals surface area contributed by atoms with Crippen LogP contribution in [-0.2, 0) is 28.6 Å². The van der Waals surface area contributed by atoms with Crippen LogP contribution in [0.15, 0.2) is 72.9 Å². The van der Waals surface area contributed by atoms with Gasteiger partial charge in [-0.15, -0.1) is 0 Å². The van der Waals surface area contributed by atoms with Crippen LogP contribution in [0.5, 0.6) is 0 Å². The molecule has 0 saturated carbocycles. The lowest BCUT2D eigenvalue weighted by Gasteiger charge is -2.18. The zero-order valence-electron chi connectivity index (χ0n) is 42.7. The quantitative estimate of drug-likeness (QED) is 0.0199. The van der Waals surface area contributed by atoms with E-state index in [0.717, 1.165) is 57.8 Å². The summed E-state index contributed by atoms with van der Waals surface area (Å²) in [5.74, 6) is -0.977. The van der Waals surface area contributed by atoms with Gasteiger partial charge in [0.1, 0.15) is 13.2 Å². The summed E-state index contributed by atoms with van der Waals surface area (Å²) in [5.41, 5.74) is 0. The molecule has 0 amide bonds. The molecule has 65 heavy (non-hydrogen) atoms. The normalized spacial score (nSPS) is 12.6. The second-order valence-electron chi connectivity index (χ2n) is 18.2. The van der Waals surface area contributed by atoms with Gasteiger partial charge in [-0.3, -0.25) is 14.4 Å². The smallest absolute Gasteiger partial charge is 0.306 e. The predicted molar refractivity (Wildman–Crippen MR) is 279 cm³/mol. The number of carbonyl (C=O) groups excluding carboxylic acids is 3. The zero-order valence-corrected chi connectivity index (χ0v) is 42.7. The average Bonchev–Trinajstić information content (AvgIpc) is 3.30. The molecule has 0 spiro atoms. The van der Waals surface area contributed by atoms with Crippen molar-refractivity contribution < 1.29 is 28.6 Å². The topological polar surface area (TPSA) is 78.9 Å². The highest BCUT2D eigenvalue weighted by Crippen LogP contribution is 2.16. The average molecular weight is 907 g/mol. The van der Waals surface area contributed by atoms with Gasteiger partial charge in [-0.2, -0.15) is 0 Å². The van der Waals surface area contributed by atoms with Crippen molar-refractivity contribution in [2.45, 2.75) is 271 Å². The van der Waals surface area contributed by atoms with E-state index >= 15 is 0 Å². The maximum absolute atomic E-state index is 12.8. The van der Waals surface area contributed by atoms with Gasteiger partial charge in [0.2, 0.25) is 0 Å². The maximum Gasteiger partial charge on any atom is 0.306 e. The Bertz CT molecular complexity index is 1230. The molecule has 0 aliphatic rings. The molecule has 0 saturated heterocycles. The number of carbonyl (C=O) groups is 3. The molecule has 6 nitrogen and oxygen atoms in total. The first-order valence-electron chi connectivity index (χ1n) is 27.5. The Labute approximate surface area is 402 Å². The molecule has 0 aliphatic heterocycles. The van der Waals surface area contributed by atoms with Crippen molar-refractivity contribution >= 4 is 17.9 Å². The number of hydrogen-bond acceptors (Lipinski definition) is 6. The van der Waals surface area contributed by atoms with Crippen molar-refractivity contribution in [2.75, 3.05) is 13.2 Å². The SMILES string of the molecule is CC\C=C/C=C\C=C/C=C\C=C/CCCC(=O)OCC(COC(=O)CCCCCCC/C=C\CCCCCCCCCCC)OC(=O)CCCCCCCCCCCCCCCCCC. The van der Waals surface area contributed by atoms with Gasteiger partial charge < -0.3 is 14.2 Å². The summed E-state index contributed by atoms with van der Waals surface area (Å²) in [7, 11) is 0. The molecule has 0 N–H and O–H groups in total. The van der Waals surface area contributed by atoms with Crippen LogP contribution in [0.1, 0.15) is 265 Å². The van der Waals surface area contributed by atoms with E-state index in [1.807, 2.05) is 54.7 Å². The molecular formula is C59H102O6. The van der Waals surface area contributed by atoms with Crippen molar-refractivity contribution in [3.63, 3.8) is 0 Å². The Kier molecular flexibility index (Phi) is 50.9. The summed E-state index contributed by atoms with van der Waals surface area (Å²) < 4.78 is 16.8. The molecule has 0 fully saturated rings. The van der Waals surface area contributed by atoms with Crippen LogP contribution in [0.25, 0.3) is 0 Å². The van der Waals surface area contributed by atoms with Gasteiger partial charge in [0.25, 0.3) is 0 Å². The van der Waals surface area contributed by atoms with E-state index in [1.54, 1.807) is 0 Å². The zero-order chi connectivity index (χ0) is 47.2. The van der Waals surface area contributed by atoms with Gasteiger partial charge in [0.05, 0.1) is 0 Å². The standard InChI is InChI=1S/C59H102O6/c1-4-7-10-13-16-19-22-25-27-29-30-32-34-37-40-43-46-49-52-58(61)64-55-56(54-63-57(60)51-48-45-42-39-36-33-24-21-18-15-12-9-6-3)65-59(62)53-50-47-44-41-38-35-31-28-26-23-20-17-14-11-8-5-2/h9,12,15,18,21,24,30,32-33,36,39,42,56H,4-8,10-11,13-14,16-17,19-20,22-23,25-29,31,34-35,37-38,40-41,43-55H2,1-3H3/b12-9-,18-15-,24-21-,32-30-,36-33-,42-39-. The summed E-state index contributed by atoms with van der Waals surface area (Å²) in [5, 5.41) is 0. The molecule has 1 unspecified atom stereocenters. The van der Waals surface area contributed by atoms with E-state index in [4.69, 9.17) is 14.2 Å². The second-order valence-corrected chi connectivity index (χ2v) is 18.2. The lowest BCUT2D eigenvalue weighted by atomic mass is 10.0. The molecule has 374 valence electrons. The van der Waals surface area contributed by atoms with E-state index in [0.29, 0.717) is 19.3 Å². The summed E-state index contributed by atoms with van der Waals surface area (Å²) in [6.07, 6.45) is 67.6. The third-order valence-electron chi connectivity index (χ3n) is 11.8. The fourth-order valence-corrected chi connectivity index (χ4v) is 7.70. The molecule has 0 aromatic carbocycles. The number of unbranched alkanes of at least 4 members (excludes halogenated alkanes) is 30. The number of hydrogen-bond donors (Lipinski definition) is 0. The molecular weight excluding hydrogens is 805 g/mol. The molecule has 0 radical (unpaired) electrons. The van der Waals surface area contributed by atoms with E-state index in [-0.39, 0.29) is 37.5 Å². The van der Waals surface area contributed by atoms with Crippen LogP contribution < -0.4 is 0 Å². The first-order valence-corrected chi connectivity index (χ1v) is 27.5. The molecule has 0 heterocycles. The monoisotopic (exact) mass is 907 g/mol. The predicted octanol–water partition coefficient (Wildman–Crippen LogP) is 18.2. The molecule has 0 bridgehead atoms. The van der Waals surface area contributed by atoms with Gasteiger partial charge >= 0.3 is 17.9 Å². The largest absolute Gasteiger partial charge is 0.462 e. The van der Waals surface area contributed by atoms with E-state index < -0.39 is 6.10 Å². The minimum Gasteiger partial charge on any atom is -0.462 e. The fraction of sp³-hybridized carbons (Fsp3) is 0.746. The van der Waals surface area contributed by atoms with Gasteiger partial charge in [-0.1, -0.05) is 261 Å². The molecule has 0 aromatic heterocycles. The molecule has 0 aliphatic carbocycles. The number of ether oxygens (including phenoxy) is 3. The number of rotatable bonds is 49. The van der Waals surface area contributed by atoms with E-state index in [2.05, 4.69) is 39.0 Å². The second kappa shape index (κ2) is 53.5. The Morgan fingerprint density at radius 3 is 1.03 bits per heavy atom. The summed E-state index contributed by atoms with van der Waals surface area (Å²) in [4.78, 5) is 38.0. The Morgan fingerprint density at radius 1 is 0.323 bits per heavy atom. The van der Waals surface area contributed by atoms with Crippen molar-refractivity contribution in [3.8, 4) is 0 Å². The maximum atomic E-state index is 12.8. The van der Waals surface area contributed by atoms with Crippen molar-refractivity contribution in [1.82, 2.24) is 0 Å². The van der Waals surface area contributed by atoms with Crippen LogP contribution in [-0.4, -0.2) is 37.2 Å².